The van der Waals surface area contributed by atoms with Crippen LogP contribution in [0.4, 0.5) is 5.69 Å². The van der Waals surface area contributed by atoms with Gasteiger partial charge >= 0.3 is 0 Å². The maximum Gasteiger partial charge on any atom is 0.256 e. The van der Waals surface area contributed by atoms with Gasteiger partial charge in [-0.05, 0) is 75.0 Å². The van der Waals surface area contributed by atoms with Gasteiger partial charge in [-0.2, -0.15) is 10.4 Å². The van der Waals surface area contributed by atoms with E-state index in [1.807, 2.05) is 65.9 Å². The van der Waals surface area contributed by atoms with Crippen molar-refractivity contribution < 1.29 is 9.59 Å². The predicted octanol–water partition coefficient (Wildman–Crippen LogP) is 4.24. The van der Waals surface area contributed by atoms with Crippen molar-refractivity contribution in [2.75, 3.05) is 38.5 Å². The lowest BCUT2D eigenvalue weighted by Crippen LogP contribution is -2.47. The van der Waals surface area contributed by atoms with Gasteiger partial charge in [-0.25, -0.2) is 4.68 Å². The highest BCUT2D eigenvalue weighted by Crippen LogP contribution is 2.37. The van der Waals surface area contributed by atoms with E-state index in [2.05, 4.69) is 33.4 Å². The van der Waals surface area contributed by atoms with Crippen molar-refractivity contribution in [2.24, 2.45) is 0 Å². The molecule has 0 unspecified atom stereocenters. The molecule has 0 aliphatic carbocycles. The lowest BCUT2D eigenvalue weighted by molar-refractivity contribution is -0.110. The number of carbonyl (C=O) groups excluding carboxylic acids is 2. The van der Waals surface area contributed by atoms with Crippen LogP contribution in [0.3, 0.4) is 0 Å². The molecule has 200 valence electrons. The minimum Gasteiger partial charge on any atom is -0.358 e. The zero-order valence-corrected chi connectivity index (χ0v) is 22.7. The molecule has 6 rings (SSSR count). The van der Waals surface area contributed by atoms with Gasteiger partial charge in [0.25, 0.3) is 11.8 Å². The number of hydrogen-bond acceptors (Lipinski definition) is 5. The summed E-state index contributed by atoms with van der Waals surface area (Å²) in [6.45, 7) is 6.95. The van der Waals surface area contributed by atoms with Crippen LogP contribution in [0.2, 0.25) is 0 Å². The molecule has 1 fully saturated rings. The van der Waals surface area contributed by atoms with Crippen molar-refractivity contribution in [3.8, 4) is 23.0 Å². The lowest BCUT2D eigenvalue weighted by Gasteiger charge is -2.32. The first-order valence-corrected chi connectivity index (χ1v) is 13.2. The SMILES string of the molecule is Cc1[nH]c(/C=C2\C(=O)Nc3ccc(-c4ccnn4-c4ccc(C#N)cc4)cc32)c(C)c1C(=O)N1CCN(C)CC1. The molecule has 4 heterocycles. The second-order valence-corrected chi connectivity index (χ2v) is 10.3. The molecule has 0 atom stereocenters. The number of carbonyl (C=O) groups is 2. The number of nitrogens with one attached hydrogen (secondary N) is 2. The maximum atomic E-state index is 13.4. The molecule has 2 aliphatic rings. The van der Waals surface area contributed by atoms with E-state index in [0.29, 0.717) is 29.8 Å². The fourth-order valence-electron chi connectivity index (χ4n) is 5.45. The van der Waals surface area contributed by atoms with Gasteiger partial charge in [-0.1, -0.05) is 6.07 Å². The number of nitriles is 1. The average molecular weight is 532 g/mol. The maximum absolute atomic E-state index is 13.4. The van der Waals surface area contributed by atoms with Crippen molar-refractivity contribution in [3.63, 3.8) is 0 Å². The normalized spacial score (nSPS) is 16.2. The summed E-state index contributed by atoms with van der Waals surface area (Å²) in [5.74, 6) is -0.162. The number of fused-ring (bicyclic) bond motifs is 1. The average Bonchev–Trinajstić information content (AvgIpc) is 3.64. The Bertz CT molecular complexity index is 1710. The zero-order valence-electron chi connectivity index (χ0n) is 22.7. The minimum absolute atomic E-state index is 0.0265. The predicted molar refractivity (Wildman–Crippen MR) is 154 cm³/mol. The van der Waals surface area contributed by atoms with Crippen LogP contribution >= 0.6 is 0 Å². The van der Waals surface area contributed by atoms with Crippen LogP contribution in [-0.4, -0.2) is 69.6 Å². The second kappa shape index (κ2) is 9.98. The Kier molecular flexibility index (Phi) is 6.33. The second-order valence-electron chi connectivity index (χ2n) is 10.3. The first-order valence-electron chi connectivity index (χ1n) is 13.2. The number of piperazine rings is 1. The Morgan fingerprint density at radius 1 is 1.05 bits per heavy atom. The van der Waals surface area contributed by atoms with Gasteiger partial charge in [-0.3, -0.25) is 9.59 Å². The number of aromatic nitrogens is 3. The van der Waals surface area contributed by atoms with Crippen molar-refractivity contribution in [1.82, 2.24) is 24.6 Å². The number of anilines is 1. The van der Waals surface area contributed by atoms with Crippen LogP contribution in [-0.2, 0) is 4.79 Å². The minimum atomic E-state index is -0.189. The number of nitrogens with zero attached hydrogens (tertiary/aromatic N) is 5. The van der Waals surface area contributed by atoms with Crippen LogP contribution in [0.15, 0.2) is 54.7 Å². The summed E-state index contributed by atoms with van der Waals surface area (Å²) < 4.78 is 1.81. The third-order valence-electron chi connectivity index (χ3n) is 7.75. The van der Waals surface area contributed by atoms with Crippen LogP contribution in [0.5, 0.6) is 0 Å². The Hall–Kier alpha value is -4.94. The van der Waals surface area contributed by atoms with Gasteiger partial charge in [0.1, 0.15) is 0 Å². The number of amides is 2. The highest BCUT2D eigenvalue weighted by atomic mass is 16.2. The van der Waals surface area contributed by atoms with Gasteiger partial charge in [0.05, 0.1) is 40.3 Å². The third-order valence-corrected chi connectivity index (χ3v) is 7.75. The molecular weight excluding hydrogens is 502 g/mol. The van der Waals surface area contributed by atoms with Crippen molar-refractivity contribution in [2.45, 2.75) is 13.8 Å². The first-order chi connectivity index (χ1) is 19.3. The fourth-order valence-corrected chi connectivity index (χ4v) is 5.45. The number of rotatable bonds is 4. The Morgan fingerprint density at radius 2 is 1.80 bits per heavy atom. The molecular formula is C31H29N7O2. The molecule has 2 aromatic heterocycles. The number of likely N-dealkylation sites (N-methyl/N-ethyl adjacent to an activating group) is 1. The Morgan fingerprint density at radius 3 is 2.52 bits per heavy atom. The summed E-state index contributed by atoms with van der Waals surface area (Å²) >= 11 is 0. The van der Waals surface area contributed by atoms with Crippen LogP contribution in [0.25, 0.3) is 28.6 Å². The molecule has 0 radical (unpaired) electrons. The number of aryl methyl sites for hydroxylation is 1. The summed E-state index contributed by atoms with van der Waals surface area (Å²) in [6.07, 6.45) is 3.57. The summed E-state index contributed by atoms with van der Waals surface area (Å²) in [5, 5.41) is 16.6. The van der Waals surface area contributed by atoms with E-state index in [-0.39, 0.29) is 11.8 Å². The molecule has 2 aliphatic heterocycles. The van der Waals surface area contributed by atoms with E-state index in [9.17, 15) is 9.59 Å². The van der Waals surface area contributed by atoms with E-state index in [0.717, 1.165) is 58.2 Å². The van der Waals surface area contributed by atoms with Crippen LogP contribution < -0.4 is 5.32 Å². The Balaban J connectivity index is 1.35. The molecule has 9 heteroatoms. The monoisotopic (exact) mass is 531 g/mol. The number of H-pyrrole nitrogens is 1. The third kappa shape index (κ3) is 4.38. The molecule has 0 bridgehead atoms. The molecule has 2 aromatic carbocycles. The number of hydrogen-bond donors (Lipinski definition) is 2. The molecule has 0 saturated carbocycles. The highest BCUT2D eigenvalue weighted by Gasteiger charge is 2.28. The summed E-state index contributed by atoms with van der Waals surface area (Å²) in [4.78, 5) is 33.9. The van der Waals surface area contributed by atoms with E-state index in [1.165, 1.54) is 0 Å². The van der Waals surface area contributed by atoms with Gasteiger partial charge in [0.15, 0.2) is 0 Å². The van der Waals surface area contributed by atoms with Crippen molar-refractivity contribution in [1.29, 1.82) is 5.26 Å². The van der Waals surface area contributed by atoms with Gasteiger partial charge in [-0.15, -0.1) is 0 Å². The molecule has 1 saturated heterocycles. The van der Waals surface area contributed by atoms with Crippen molar-refractivity contribution in [3.05, 3.63) is 88.4 Å². The lowest BCUT2D eigenvalue weighted by atomic mass is 10.0. The molecule has 40 heavy (non-hydrogen) atoms. The van der Waals surface area contributed by atoms with Crippen LogP contribution in [0, 0.1) is 25.2 Å². The summed E-state index contributed by atoms with van der Waals surface area (Å²) in [7, 11) is 2.07. The molecule has 2 N–H and O–H groups in total. The smallest absolute Gasteiger partial charge is 0.256 e. The largest absolute Gasteiger partial charge is 0.358 e. The standard InChI is InChI=1S/C31H29N7O2/c1-19-27(34-20(2)29(19)31(40)37-14-12-36(3)13-15-37)17-25-24-16-22(6-9-26(24)35-30(25)39)28-10-11-33-38(28)23-7-4-21(18-32)5-8-23/h4-11,16-17,34H,12-15H2,1-3H3,(H,35,39)/b25-17-. The highest BCUT2D eigenvalue weighted by molar-refractivity contribution is 6.35. The quantitative estimate of drug-likeness (QED) is 0.383. The van der Waals surface area contributed by atoms with E-state index in [1.54, 1.807) is 18.3 Å². The van der Waals surface area contributed by atoms with E-state index in [4.69, 9.17) is 5.26 Å². The number of aromatic amines is 1. The molecule has 9 nitrogen and oxygen atoms in total. The first kappa shape index (κ1) is 25.3. The van der Waals surface area contributed by atoms with Gasteiger partial charge in [0, 0.05) is 54.4 Å². The topological polar surface area (TPSA) is 110 Å². The van der Waals surface area contributed by atoms with Crippen molar-refractivity contribution >= 4 is 29.2 Å². The van der Waals surface area contributed by atoms with Gasteiger partial charge < -0.3 is 20.1 Å². The summed E-state index contributed by atoms with van der Waals surface area (Å²) in [6, 6.07) is 17.1. The van der Waals surface area contributed by atoms with Crippen LogP contribution in [0.1, 0.15) is 38.4 Å². The molecule has 2 amide bonds. The number of benzene rings is 2. The molecule has 0 spiro atoms. The van der Waals surface area contributed by atoms with E-state index >= 15 is 0 Å². The van der Waals surface area contributed by atoms with Gasteiger partial charge in [0.2, 0.25) is 0 Å². The summed E-state index contributed by atoms with van der Waals surface area (Å²) in [5.41, 5.74) is 8.29. The fraction of sp³-hybridized carbons (Fsp3) is 0.226. The Labute approximate surface area is 232 Å². The zero-order chi connectivity index (χ0) is 28.0. The van der Waals surface area contributed by atoms with E-state index < -0.39 is 0 Å². The molecule has 4 aromatic rings.